The van der Waals surface area contributed by atoms with Crippen molar-refractivity contribution < 1.29 is 5.11 Å². The first-order valence-electron chi connectivity index (χ1n) is 10.4. The Bertz CT molecular complexity index is 1390. The van der Waals surface area contributed by atoms with E-state index in [0.717, 1.165) is 17.1 Å². The average Bonchev–Trinajstić information content (AvgIpc) is 3.34. The number of nitrogens with one attached hydrogen (secondary N) is 2. The number of anilines is 1. The lowest BCUT2D eigenvalue weighted by Crippen LogP contribution is -2.19. The SMILES string of the molecule is CNCc1ccc(C(=N)/C=C(\O)c2nc(-c3ccc(=O)n(Cc4nccs4)c3)cnc2N)cc1. The monoisotopic (exact) mass is 473 g/mol. The number of pyridine rings is 1. The summed E-state index contributed by atoms with van der Waals surface area (Å²) in [5.41, 5.74) is 8.76. The van der Waals surface area contributed by atoms with Crippen molar-refractivity contribution in [3.8, 4) is 11.3 Å². The van der Waals surface area contributed by atoms with Crippen molar-refractivity contribution in [2.45, 2.75) is 13.1 Å². The highest BCUT2D eigenvalue weighted by Crippen LogP contribution is 2.22. The van der Waals surface area contributed by atoms with Gasteiger partial charge < -0.3 is 26.1 Å². The molecule has 9 nitrogen and oxygen atoms in total. The highest BCUT2D eigenvalue weighted by molar-refractivity contribution is 7.09. The van der Waals surface area contributed by atoms with Crippen molar-refractivity contribution in [1.29, 1.82) is 5.41 Å². The third kappa shape index (κ3) is 5.25. The molecule has 5 N–H and O–H groups in total. The van der Waals surface area contributed by atoms with E-state index in [2.05, 4.69) is 20.3 Å². The Labute approximate surface area is 199 Å². The molecular weight excluding hydrogens is 450 g/mol. The summed E-state index contributed by atoms with van der Waals surface area (Å²) in [4.78, 5) is 25.1. The number of nitrogens with zero attached hydrogens (tertiary/aromatic N) is 4. The minimum absolute atomic E-state index is 0.0331. The molecule has 0 atom stereocenters. The number of hydrogen-bond donors (Lipinski definition) is 4. The van der Waals surface area contributed by atoms with Crippen LogP contribution >= 0.6 is 11.3 Å². The lowest BCUT2D eigenvalue weighted by Gasteiger charge is -2.09. The molecule has 3 heterocycles. The van der Waals surface area contributed by atoms with Crippen LogP contribution in [0.25, 0.3) is 17.0 Å². The van der Waals surface area contributed by atoms with Gasteiger partial charge in [-0.25, -0.2) is 15.0 Å². The standard InChI is InChI=1S/C24H23N7O2S/c1-27-11-15-2-4-16(5-3-15)18(25)10-20(32)23-24(26)29-12-19(30-23)17-6-7-22(33)31(13-17)14-21-28-8-9-34-21/h2-10,12-13,25,27,32H,11,14H2,1H3,(H2,26,29)/b20-10-,25-18?. The fourth-order valence-electron chi connectivity index (χ4n) is 3.30. The largest absolute Gasteiger partial charge is 0.505 e. The van der Waals surface area contributed by atoms with Gasteiger partial charge in [-0.3, -0.25) is 4.79 Å². The zero-order valence-electron chi connectivity index (χ0n) is 18.4. The Kier molecular flexibility index (Phi) is 6.90. The van der Waals surface area contributed by atoms with Gasteiger partial charge >= 0.3 is 0 Å². The molecule has 0 spiro atoms. The highest BCUT2D eigenvalue weighted by Gasteiger charge is 2.13. The van der Waals surface area contributed by atoms with Crippen LogP contribution in [0.1, 0.15) is 21.8 Å². The van der Waals surface area contributed by atoms with Crippen molar-refractivity contribution in [2.75, 3.05) is 12.8 Å². The first-order chi connectivity index (χ1) is 16.4. The molecular formula is C24H23N7O2S. The first kappa shape index (κ1) is 23.0. The van der Waals surface area contributed by atoms with E-state index in [0.29, 0.717) is 23.4 Å². The summed E-state index contributed by atoms with van der Waals surface area (Å²) < 4.78 is 1.54. The third-order valence-corrected chi connectivity index (χ3v) is 5.80. The summed E-state index contributed by atoms with van der Waals surface area (Å²) in [6.07, 6.45) is 6.13. The van der Waals surface area contributed by atoms with Crippen LogP contribution in [0.5, 0.6) is 0 Å². The molecule has 10 heteroatoms. The Morgan fingerprint density at radius 2 is 2.03 bits per heavy atom. The van der Waals surface area contributed by atoms with E-state index in [-0.39, 0.29) is 28.5 Å². The Hall–Kier alpha value is -4.15. The fourth-order valence-corrected chi connectivity index (χ4v) is 3.92. The van der Waals surface area contributed by atoms with Crippen molar-refractivity contribution in [3.63, 3.8) is 0 Å². The van der Waals surface area contributed by atoms with Gasteiger partial charge in [-0.15, -0.1) is 11.3 Å². The Morgan fingerprint density at radius 3 is 2.74 bits per heavy atom. The van der Waals surface area contributed by atoms with E-state index in [4.69, 9.17) is 11.1 Å². The summed E-state index contributed by atoms with van der Waals surface area (Å²) in [6, 6.07) is 10.6. The van der Waals surface area contributed by atoms with E-state index < -0.39 is 0 Å². The lowest BCUT2D eigenvalue weighted by molar-refractivity contribution is 0.509. The summed E-state index contributed by atoms with van der Waals surface area (Å²) in [5, 5.41) is 24.7. The van der Waals surface area contributed by atoms with E-state index in [1.54, 1.807) is 18.5 Å². The fraction of sp³-hybridized carbons (Fsp3) is 0.125. The molecule has 0 bridgehead atoms. The molecule has 0 aliphatic carbocycles. The van der Waals surface area contributed by atoms with Crippen LogP contribution in [-0.2, 0) is 13.1 Å². The third-order valence-electron chi connectivity index (χ3n) is 5.04. The molecule has 0 amide bonds. The lowest BCUT2D eigenvalue weighted by atomic mass is 10.1. The molecule has 0 fully saturated rings. The number of aliphatic hydroxyl groups is 1. The van der Waals surface area contributed by atoms with E-state index >= 15 is 0 Å². The molecule has 4 aromatic rings. The highest BCUT2D eigenvalue weighted by atomic mass is 32.1. The van der Waals surface area contributed by atoms with Crippen LogP contribution in [0, 0.1) is 5.41 Å². The van der Waals surface area contributed by atoms with Gasteiger partial charge in [-0.05, 0) is 24.2 Å². The van der Waals surface area contributed by atoms with Crippen LogP contribution in [0.2, 0.25) is 0 Å². The molecule has 34 heavy (non-hydrogen) atoms. The van der Waals surface area contributed by atoms with Crippen LogP contribution in [0.3, 0.4) is 0 Å². The number of aliphatic hydroxyl groups excluding tert-OH is 1. The van der Waals surface area contributed by atoms with Gasteiger partial charge in [0.15, 0.2) is 5.82 Å². The van der Waals surface area contributed by atoms with Gasteiger partial charge in [-0.1, -0.05) is 24.3 Å². The van der Waals surface area contributed by atoms with Crippen molar-refractivity contribution >= 4 is 28.6 Å². The predicted octanol–water partition coefficient (Wildman–Crippen LogP) is 3.08. The molecule has 0 saturated heterocycles. The second-order valence-electron chi connectivity index (χ2n) is 7.47. The molecule has 0 aliphatic rings. The smallest absolute Gasteiger partial charge is 0.250 e. The molecule has 4 rings (SSSR count). The zero-order chi connectivity index (χ0) is 24.1. The molecule has 0 saturated carbocycles. The van der Waals surface area contributed by atoms with Crippen LogP contribution < -0.4 is 16.6 Å². The number of thiazole rings is 1. The van der Waals surface area contributed by atoms with Crippen LogP contribution in [-0.4, -0.2) is 37.4 Å². The van der Waals surface area contributed by atoms with Crippen molar-refractivity contribution in [2.24, 2.45) is 0 Å². The molecule has 172 valence electrons. The number of allylic oxidation sites excluding steroid dienone is 1. The van der Waals surface area contributed by atoms with Crippen LogP contribution in [0.15, 0.2) is 71.2 Å². The van der Waals surface area contributed by atoms with Gasteiger partial charge in [-0.2, -0.15) is 0 Å². The molecule has 0 unspecified atom stereocenters. The van der Waals surface area contributed by atoms with Crippen molar-refractivity contribution in [3.05, 3.63) is 98.6 Å². The van der Waals surface area contributed by atoms with Crippen LogP contribution in [0.4, 0.5) is 5.82 Å². The topological polar surface area (TPSA) is 143 Å². The van der Waals surface area contributed by atoms with Gasteiger partial charge in [0.05, 0.1) is 24.1 Å². The number of nitrogens with two attached hydrogens (primary N) is 1. The molecule has 1 aromatic carbocycles. The normalized spacial score (nSPS) is 11.5. The molecule has 0 aliphatic heterocycles. The minimum Gasteiger partial charge on any atom is -0.505 e. The van der Waals surface area contributed by atoms with E-state index in [1.165, 1.54) is 34.2 Å². The van der Waals surface area contributed by atoms with Gasteiger partial charge in [0.25, 0.3) is 5.56 Å². The van der Waals surface area contributed by atoms with E-state index in [9.17, 15) is 9.90 Å². The van der Waals surface area contributed by atoms with Gasteiger partial charge in [0.2, 0.25) is 0 Å². The number of benzene rings is 1. The minimum atomic E-state index is -0.271. The summed E-state index contributed by atoms with van der Waals surface area (Å²) >= 11 is 1.46. The first-order valence-corrected chi connectivity index (χ1v) is 11.3. The summed E-state index contributed by atoms with van der Waals surface area (Å²) in [5.74, 6) is -0.238. The number of hydrogen-bond acceptors (Lipinski definition) is 9. The average molecular weight is 474 g/mol. The van der Waals surface area contributed by atoms with E-state index in [1.807, 2.05) is 36.7 Å². The maximum Gasteiger partial charge on any atom is 0.250 e. The van der Waals surface area contributed by atoms with Gasteiger partial charge in [0, 0.05) is 42.0 Å². The van der Waals surface area contributed by atoms with Crippen molar-refractivity contribution in [1.82, 2.24) is 24.8 Å². The second kappa shape index (κ2) is 10.2. The maximum atomic E-state index is 12.3. The number of nitrogen functional groups attached to an aromatic ring is 1. The summed E-state index contributed by atoms with van der Waals surface area (Å²) in [7, 11) is 1.87. The summed E-state index contributed by atoms with van der Waals surface area (Å²) in [6.45, 7) is 1.07. The Morgan fingerprint density at radius 1 is 1.24 bits per heavy atom. The quantitative estimate of drug-likeness (QED) is 0.227. The zero-order valence-corrected chi connectivity index (χ0v) is 19.2. The maximum absolute atomic E-state index is 12.3. The number of aromatic nitrogens is 4. The molecule has 0 radical (unpaired) electrons. The molecule has 3 aromatic heterocycles. The predicted molar refractivity (Wildman–Crippen MR) is 134 cm³/mol. The second-order valence-corrected chi connectivity index (χ2v) is 8.45. The Balaban J connectivity index is 1.61. The number of rotatable bonds is 8. The van der Waals surface area contributed by atoms with Gasteiger partial charge in [0.1, 0.15) is 16.5 Å².